The zero-order valence-electron chi connectivity index (χ0n) is 15.7. The Morgan fingerprint density at radius 3 is 2.46 bits per heavy atom. The summed E-state index contributed by atoms with van der Waals surface area (Å²) in [6.07, 6.45) is 0. The summed E-state index contributed by atoms with van der Waals surface area (Å²) in [6, 6.07) is 7.78. The fourth-order valence-corrected chi connectivity index (χ4v) is 3.98. The van der Waals surface area contributed by atoms with E-state index in [1.54, 1.807) is 6.92 Å². The average Bonchev–Trinajstić information content (AvgIpc) is 2.86. The van der Waals surface area contributed by atoms with Crippen LogP contribution in [0.25, 0.3) is 10.2 Å². The largest absolute Gasteiger partial charge is 0.325 e. The van der Waals surface area contributed by atoms with Gasteiger partial charge in [-0.15, -0.1) is 11.3 Å². The van der Waals surface area contributed by atoms with Gasteiger partial charge in [-0.1, -0.05) is 26.0 Å². The van der Waals surface area contributed by atoms with E-state index in [-0.39, 0.29) is 18.0 Å². The first-order valence-electron chi connectivity index (χ1n) is 8.65. The number of nitrogens with one attached hydrogen (secondary N) is 1. The predicted octanol–water partition coefficient (Wildman–Crippen LogP) is 4.15. The number of amides is 1. The summed E-state index contributed by atoms with van der Waals surface area (Å²) in [7, 11) is 0. The smallest absolute Gasteiger partial charge is 0.263 e. The first-order valence-corrected chi connectivity index (χ1v) is 9.46. The van der Waals surface area contributed by atoms with Crippen molar-refractivity contribution in [3.8, 4) is 0 Å². The molecular weight excluding hydrogens is 346 g/mol. The molecule has 136 valence electrons. The lowest BCUT2D eigenvalue weighted by atomic mass is 10.0. The van der Waals surface area contributed by atoms with Crippen molar-refractivity contribution < 1.29 is 4.79 Å². The van der Waals surface area contributed by atoms with Crippen LogP contribution in [0.5, 0.6) is 0 Å². The Morgan fingerprint density at radius 1 is 1.19 bits per heavy atom. The van der Waals surface area contributed by atoms with Crippen LogP contribution in [0, 0.1) is 20.8 Å². The summed E-state index contributed by atoms with van der Waals surface area (Å²) in [4.78, 5) is 31.6. The molecule has 1 amide bonds. The average molecular weight is 369 g/mol. The molecule has 0 bridgehead atoms. The van der Waals surface area contributed by atoms with Crippen molar-refractivity contribution in [3.63, 3.8) is 0 Å². The Labute approximate surface area is 156 Å². The van der Waals surface area contributed by atoms with Crippen LogP contribution >= 0.6 is 11.3 Å². The first kappa shape index (κ1) is 18.3. The molecule has 0 atom stereocenters. The molecule has 1 aromatic carbocycles. The third-order valence-corrected chi connectivity index (χ3v) is 5.74. The van der Waals surface area contributed by atoms with Crippen molar-refractivity contribution >= 4 is 33.1 Å². The van der Waals surface area contributed by atoms with Crippen LogP contribution in [-0.2, 0) is 11.3 Å². The highest BCUT2D eigenvalue weighted by Crippen LogP contribution is 2.26. The van der Waals surface area contributed by atoms with Gasteiger partial charge in [0.15, 0.2) is 0 Å². The van der Waals surface area contributed by atoms with E-state index in [2.05, 4.69) is 24.1 Å². The van der Waals surface area contributed by atoms with Crippen LogP contribution in [-0.4, -0.2) is 15.5 Å². The highest BCUT2D eigenvalue weighted by atomic mass is 32.1. The number of thiophene rings is 1. The molecule has 0 unspecified atom stereocenters. The molecular formula is C20H23N3O2S. The number of hydrogen-bond donors (Lipinski definition) is 1. The highest BCUT2D eigenvalue weighted by Gasteiger charge is 2.16. The molecule has 6 heteroatoms. The minimum Gasteiger partial charge on any atom is -0.325 e. The van der Waals surface area contributed by atoms with E-state index in [4.69, 9.17) is 0 Å². The first-order chi connectivity index (χ1) is 12.3. The molecule has 26 heavy (non-hydrogen) atoms. The van der Waals surface area contributed by atoms with E-state index in [0.717, 1.165) is 21.0 Å². The van der Waals surface area contributed by atoms with Gasteiger partial charge in [0.05, 0.1) is 5.39 Å². The van der Waals surface area contributed by atoms with Crippen molar-refractivity contribution in [1.29, 1.82) is 0 Å². The van der Waals surface area contributed by atoms with E-state index >= 15 is 0 Å². The number of carbonyl (C=O) groups is 1. The third kappa shape index (κ3) is 3.42. The second kappa shape index (κ2) is 7.03. The van der Waals surface area contributed by atoms with Crippen molar-refractivity contribution in [2.24, 2.45) is 0 Å². The lowest BCUT2D eigenvalue weighted by molar-refractivity contribution is -0.116. The molecule has 3 rings (SSSR count). The summed E-state index contributed by atoms with van der Waals surface area (Å²) < 4.78 is 1.44. The molecule has 0 aliphatic carbocycles. The van der Waals surface area contributed by atoms with E-state index < -0.39 is 0 Å². The monoisotopic (exact) mass is 369 g/mol. The molecule has 0 aliphatic heterocycles. The Morgan fingerprint density at radius 2 is 1.85 bits per heavy atom. The number of benzene rings is 1. The van der Waals surface area contributed by atoms with Crippen molar-refractivity contribution in [2.45, 2.75) is 47.1 Å². The number of aromatic nitrogens is 2. The van der Waals surface area contributed by atoms with E-state index in [1.165, 1.54) is 21.5 Å². The summed E-state index contributed by atoms with van der Waals surface area (Å²) in [6.45, 7) is 9.87. The van der Waals surface area contributed by atoms with Gasteiger partial charge in [-0.3, -0.25) is 14.2 Å². The Bertz CT molecular complexity index is 1030. The van der Waals surface area contributed by atoms with Crippen LogP contribution in [0.1, 0.15) is 41.6 Å². The molecule has 0 saturated carbocycles. The normalized spacial score (nSPS) is 11.3. The minimum absolute atomic E-state index is 0.0477. The molecule has 0 aliphatic rings. The molecule has 3 aromatic rings. The third-order valence-electron chi connectivity index (χ3n) is 4.64. The van der Waals surface area contributed by atoms with Gasteiger partial charge >= 0.3 is 0 Å². The molecule has 0 spiro atoms. The number of nitrogens with zero attached hydrogens (tertiary/aromatic N) is 2. The summed E-state index contributed by atoms with van der Waals surface area (Å²) >= 11 is 1.52. The summed E-state index contributed by atoms with van der Waals surface area (Å²) in [5, 5.41) is 3.47. The van der Waals surface area contributed by atoms with Crippen molar-refractivity contribution in [2.75, 3.05) is 5.32 Å². The van der Waals surface area contributed by atoms with Gasteiger partial charge in [0, 0.05) is 10.6 Å². The lowest BCUT2D eigenvalue weighted by Crippen LogP contribution is -2.30. The molecule has 1 N–H and O–H groups in total. The zero-order valence-corrected chi connectivity index (χ0v) is 16.5. The van der Waals surface area contributed by atoms with Gasteiger partial charge < -0.3 is 5.32 Å². The maximum Gasteiger partial charge on any atom is 0.263 e. The van der Waals surface area contributed by atoms with Crippen LogP contribution in [0.3, 0.4) is 0 Å². The van der Waals surface area contributed by atoms with Crippen LogP contribution < -0.4 is 10.9 Å². The quantitative estimate of drug-likeness (QED) is 0.751. The summed E-state index contributed by atoms with van der Waals surface area (Å²) in [5.74, 6) is 0.753. The number of fused-ring (bicyclic) bond motifs is 1. The van der Waals surface area contributed by atoms with Gasteiger partial charge in [0.1, 0.15) is 17.2 Å². The maximum absolute atomic E-state index is 12.8. The lowest BCUT2D eigenvalue weighted by Gasteiger charge is -2.11. The highest BCUT2D eigenvalue weighted by molar-refractivity contribution is 7.18. The van der Waals surface area contributed by atoms with E-state index in [9.17, 15) is 9.59 Å². The Balaban J connectivity index is 1.85. The SMILES string of the molecule is Cc1sc2nc(C)n(CC(=O)Nc3ccc(C(C)C)cc3)c(=O)c2c1C. The fourth-order valence-electron chi connectivity index (χ4n) is 2.91. The van der Waals surface area contributed by atoms with Gasteiger partial charge in [0.25, 0.3) is 5.56 Å². The number of aryl methyl sites for hydroxylation is 3. The summed E-state index contributed by atoms with van der Waals surface area (Å²) in [5.41, 5.74) is 2.73. The molecule has 2 heterocycles. The molecule has 0 saturated heterocycles. The predicted molar refractivity (Wildman–Crippen MR) is 107 cm³/mol. The second-order valence-corrected chi connectivity index (χ2v) is 8.04. The van der Waals surface area contributed by atoms with Gasteiger partial charge in [-0.25, -0.2) is 4.98 Å². The van der Waals surface area contributed by atoms with E-state index in [0.29, 0.717) is 17.1 Å². The molecule has 2 aromatic heterocycles. The van der Waals surface area contributed by atoms with Crippen LogP contribution in [0.4, 0.5) is 5.69 Å². The van der Waals surface area contributed by atoms with Gasteiger partial charge in [0.2, 0.25) is 5.91 Å². The second-order valence-electron chi connectivity index (χ2n) is 6.84. The fraction of sp³-hybridized carbons (Fsp3) is 0.350. The van der Waals surface area contributed by atoms with Crippen molar-refractivity contribution in [1.82, 2.24) is 9.55 Å². The van der Waals surface area contributed by atoms with Gasteiger partial charge in [-0.2, -0.15) is 0 Å². The van der Waals surface area contributed by atoms with Crippen LogP contribution in [0.2, 0.25) is 0 Å². The van der Waals surface area contributed by atoms with Crippen molar-refractivity contribution in [3.05, 3.63) is 56.4 Å². The van der Waals surface area contributed by atoms with E-state index in [1.807, 2.05) is 38.1 Å². The minimum atomic E-state index is -0.238. The number of rotatable bonds is 4. The Kier molecular flexibility index (Phi) is 4.96. The Hall–Kier alpha value is -2.47. The number of anilines is 1. The maximum atomic E-state index is 12.8. The van der Waals surface area contributed by atoms with Crippen LogP contribution in [0.15, 0.2) is 29.1 Å². The topological polar surface area (TPSA) is 64.0 Å². The molecule has 5 nitrogen and oxygen atoms in total. The molecule has 0 radical (unpaired) electrons. The number of carbonyl (C=O) groups excluding carboxylic acids is 1. The van der Waals surface area contributed by atoms with Gasteiger partial charge in [-0.05, 0) is 49.9 Å². The number of hydrogen-bond acceptors (Lipinski definition) is 4. The zero-order chi connectivity index (χ0) is 19.0. The molecule has 0 fully saturated rings. The standard InChI is InChI=1S/C20H23N3O2S/c1-11(2)15-6-8-16(9-7-15)22-17(24)10-23-14(5)21-19-18(20(23)25)12(3)13(4)26-19/h6-9,11H,10H2,1-5H3,(H,22,24).